The summed E-state index contributed by atoms with van der Waals surface area (Å²) in [5.41, 5.74) is 9.03. The molecule has 2 atom stereocenters. The lowest BCUT2D eigenvalue weighted by Gasteiger charge is -2.47. The van der Waals surface area contributed by atoms with E-state index in [1.807, 2.05) is 32.0 Å². The molecule has 3 heterocycles. The Labute approximate surface area is 304 Å². The number of hydrazine groups is 1. The van der Waals surface area contributed by atoms with E-state index < -0.39 is 24.3 Å². The molecule has 5 amide bonds. The number of nitrogens with one attached hydrogen (secondary N) is 3. The summed E-state index contributed by atoms with van der Waals surface area (Å²) in [4.78, 5) is 62.0. The Morgan fingerprint density at radius 2 is 1.77 bits per heavy atom. The number of urea groups is 1. The van der Waals surface area contributed by atoms with Gasteiger partial charge in [-0.25, -0.2) is 19.0 Å². The minimum absolute atomic E-state index is 0.113. The monoisotopic (exact) mass is 731 g/mol. The van der Waals surface area contributed by atoms with Gasteiger partial charge in [0.1, 0.15) is 23.8 Å². The predicted octanol–water partition coefficient (Wildman–Crippen LogP) is 3.28. The molecule has 0 aliphatic carbocycles. The van der Waals surface area contributed by atoms with Crippen LogP contribution < -0.4 is 26.4 Å². The van der Waals surface area contributed by atoms with Crippen molar-refractivity contribution in [1.82, 2.24) is 40.8 Å². The molecule has 52 heavy (non-hydrogen) atoms. The van der Waals surface area contributed by atoms with Gasteiger partial charge in [0.25, 0.3) is 0 Å². The third kappa shape index (κ3) is 8.09. The maximum atomic E-state index is 14.4. The molecule has 0 radical (unpaired) electrons. The molecule has 0 bridgehead atoms. The maximum Gasteiger partial charge on any atom is 0.412 e. The van der Waals surface area contributed by atoms with Gasteiger partial charge in [0.2, 0.25) is 11.8 Å². The molecule has 2 saturated heterocycles. The van der Waals surface area contributed by atoms with Gasteiger partial charge in [-0.15, -0.1) is 0 Å². The average molecular weight is 732 g/mol. The number of nitrogens with two attached hydrogens (primary N) is 1. The van der Waals surface area contributed by atoms with Crippen molar-refractivity contribution >= 4 is 50.6 Å². The van der Waals surface area contributed by atoms with E-state index >= 15 is 0 Å². The number of fused-ring (bicyclic) bond motifs is 2. The fourth-order valence-electron chi connectivity index (χ4n) is 6.58. The zero-order valence-corrected chi connectivity index (χ0v) is 30.0. The highest BCUT2D eigenvalue weighted by Crippen LogP contribution is 2.33. The highest BCUT2D eigenvalue weighted by molar-refractivity contribution is 7.22. The van der Waals surface area contributed by atoms with E-state index in [0.29, 0.717) is 29.5 Å². The molecular weight excluding hydrogens is 690 g/mol. The van der Waals surface area contributed by atoms with Gasteiger partial charge in [-0.1, -0.05) is 47.7 Å². The summed E-state index contributed by atoms with van der Waals surface area (Å²) >= 11 is 1.37. The standard InChI is InChI=1S/C36H42FN9O5S/c1-22(2)46(35(49)41-18-24-7-11-26(37)12-8-24)44-21-31(47)45-28(17-23-9-13-27(14-10-23)51-36(50)40-16-15-39-3)33(48)43(20-30(44)45)19-25-5-4-6-29-32(25)42-34(38)52-29/h4-14,22,28,30,39H,15-21H2,1-3H3,(H2,38,42)(H,40,50)(H,41,49)/t28-,30+/m0/s1. The Morgan fingerprint density at radius 1 is 1.04 bits per heavy atom. The first-order chi connectivity index (χ1) is 25.0. The van der Waals surface area contributed by atoms with Crippen LogP contribution in [-0.4, -0.2) is 100 Å². The number of piperazine rings is 1. The lowest BCUT2D eigenvalue weighted by molar-refractivity contribution is -0.158. The second-order valence-electron chi connectivity index (χ2n) is 12.9. The van der Waals surface area contributed by atoms with Gasteiger partial charge >= 0.3 is 12.1 Å². The van der Waals surface area contributed by atoms with Gasteiger partial charge < -0.3 is 36.2 Å². The maximum absolute atomic E-state index is 14.4. The predicted molar refractivity (Wildman–Crippen MR) is 194 cm³/mol. The van der Waals surface area contributed by atoms with Crippen molar-refractivity contribution in [3.8, 4) is 5.75 Å². The van der Waals surface area contributed by atoms with Crippen molar-refractivity contribution in [2.45, 2.75) is 51.6 Å². The van der Waals surface area contributed by atoms with Gasteiger partial charge in [0.05, 0.1) is 23.3 Å². The van der Waals surface area contributed by atoms with Crippen molar-refractivity contribution in [3.05, 3.63) is 89.2 Å². The fraction of sp³-hybridized carbons (Fsp3) is 0.361. The number of carbonyl (C=O) groups excluding carboxylic acids is 4. The number of anilines is 1. The Kier molecular flexibility index (Phi) is 11.2. The summed E-state index contributed by atoms with van der Waals surface area (Å²) in [6.07, 6.45) is -1.05. The van der Waals surface area contributed by atoms with Crippen LogP contribution in [0.5, 0.6) is 5.75 Å². The molecule has 5 N–H and O–H groups in total. The Morgan fingerprint density at radius 3 is 2.48 bits per heavy atom. The number of hydrogen-bond donors (Lipinski definition) is 4. The summed E-state index contributed by atoms with van der Waals surface area (Å²) < 4.78 is 19.8. The average Bonchev–Trinajstić information content (AvgIpc) is 3.65. The number of para-hydroxylation sites is 1. The first-order valence-corrected chi connectivity index (χ1v) is 17.8. The molecule has 0 unspecified atom stereocenters. The number of carbonyl (C=O) groups is 4. The quantitative estimate of drug-likeness (QED) is 0.160. The lowest BCUT2D eigenvalue weighted by atomic mass is 9.99. The van der Waals surface area contributed by atoms with Gasteiger partial charge in [-0.05, 0) is 67.9 Å². The summed E-state index contributed by atoms with van der Waals surface area (Å²) in [7, 11) is 1.78. The largest absolute Gasteiger partial charge is 0.412 e. The molecule has 2 aliphatic rings. The van der Waals surface area contributed by atoms with E-state index in [-0.39, 0.29) is 56.3 Å². The van der Waals surface area contributed by atoms with E-state index in [1.165, 1.54) is 28.5 Å². The van der Waals surface area contributed by atoms with Crippen LogP contribution in [-0.2, 0) is 29.1 Å². The number of rotatable bonds is 12. The number of halogens is 1. The van der Waals surface area contributed by atoms with Crippen LogP contribution in [0.15, 0.2) is 66.7 Å². The smallest absolute Gasteiger partial charge is 0.410 e. The molecule has 14 nitrogen and oxygen atoms in total. The molecule has 3 aromatic carbocycles. The number of thiazole rings is 1. The molecule has 16 heteroatoms. The van der Waals surface area contributed by atoms with E-state index in [9.17, 15) is 23.6 Å². The van der Waals surface area contributed by atoms with Crippen molar-refractivity contribution in [2.75, 3.05) is 39.0 Å². The number of nitrogens with zero attached hydrogens (tertiary/aromatic N) is 5. The van der Waals surface area contributed by atoms with E-state index in [0.717, 1.165) is 21.4 Å². The zero-order chi connectivity index (χ0) is 36.9. The number of nitrogen functional groups attached to an aromatic ring is 1. The first kappa shape index (κ1) is 36.5. The highest BCUT2D eigenvalue weighted by Gasteiger charge is 2.52. The third-order valence-corrected chi connectivity index (χ3v) is 9.83. The number of aromatic nitrogens is 1. The Bertz CT molecular complexity index is 1920. The minimum atomic E-state index is -0.885. The second-order valence-corrected chi connectivity index (χ2v) is 14.0. The van der Waals surface area contributed by atoms with Crippen molar-refractivity contribution in [1.29, 1.82) is 0 Å². The molecule has 4 aromatic rings. The van der Waals surface area contributed by atoms with E-state index in [1.54, 1.807) is 58.3 Å². The molecule has 2 fully saturated rings. The van der Waals surface area contributed by atoms with Gasteiger partial charge in [-0.3, -0.25) is 14.6 Å². The molecule has 6 rings (SSSR count). The van der Waals surface area contributed by atoms with Crippen LogP contribution in [0.3, 0.4) is 0 Å². The first-order valence-electron chi connectivity index (χ1n) is 17.0. The summed E-state index contributed by atoms with van der Waals surface area (Å²) in [6, 6.07) is 16.7. The normalized spacial score (nSPS) is 17.5. The summed E-state index contributed by atoms with van der Waals surface area (Å²) in [6.45, 7) is 5.11. The number of amides is 5. The van der Waals surface area contributed by atoms with Crippen LogP contribution in [0.2, 0.25) is 0 Å². The van der Waals surface area contributed by atoms with Crippen LogP contribution in [0, 0.1) is 5.82 Å². The summed E-state index contributed by atoms with van der Waals surface area (Å²) in [5, 5.41) is 12.2. The molecular formula is C36H42FN9O5S. The van der Waals surface area contributed by atoms with Crippen molar-refractivity contribution in [3.63, 3.8) is 0 Å². The zero-order valence-electron chi connectivity index (χ0n) is 29.2. The van der Waals surface area contributed by atoms with Gasteiger partial charge in [0.15, 0.2) is 5.13 Å². The van der Waals surface area contributed by atoms with Crippen molar-refractivity contribution < 1.29 is 28.3 Å². The molecule has 0 saturated carbocycles. The van der Waals surface area contributed by atoms with E-state index in [2.05, 4.69) is 20.9 Å². The fourth-order valence-corrected chi connectivity index (χ4v) is 7.36. The third-order valence-electron chi connectivity index (χ3n) is 8.99. The van der Waals surface area contributed by atoms with Crippen LogP contribution in [0.4, 0.5) is 19.1 Å². The molecule has 0 spiro atoms. The Balaban J connectivity index is 1.27. The number of ether oxygens (including phenoxy) is 1. The van der Waals surface area contributed by atoms with E-state index in [4.69, 9.17) is 10.5 Å². The van der Waals surface area contributed by atoms with Crippen LogP contribution >= 0.6 is 11.3 Å². The minimum Gasteiger partial charge on any atom is -0.410 e. The molecule has 274 valence electrons. The van der Waals surface area contributed by atoms with Gasteiger partial charge in [0, 0.05) is 38.6 Å². The van der Waals surface area contributed by atoms with Crippen LogP contribution in [0.1, 0.15) is 30.5 Å². The summed E-state index contributed by atoms with van der Waals surface area (Å²) in [5.74, 6) is -0.568. The lowest BCUT2D eigenvalue weighted by Crippen LogP contribution is -2.66. The van der Waals surface area contributed by atoms with Crippen LogP contribution in [0.25, 0.3) is 10.2 Å². The number of likely N-dealkylation sites (N-methyl/N-ethyl adjacent to an activating group) is 1. The molecule has 1 aromatic heterocycles. The SMILES string of the molecule is CNCCNC(=O)Oc1ccc(C[C@H]2C(=O)N(Cc3cccc4sc(N)nc34)C[C@H]3N2C(=O)CN3N(C(=O)NCc2ccc(F)cc2)C(C)C)cc1. The number of benzene rings is 3. The highest BCUT2D eigenvalue weighted by atomic mass is 32.1. The number of hydrogen-bond acceptors (Lipinski definition) is 10. The topological polar surface area (TPSA) is 165 Å². The van der Waals surface area contributed by atoms with Crippen molar-refractivity contribution in [2.24, 2.45) is 0 Å². The molecule has 2 aliphatic heterocycles. The second kappa shape index (κ2) is 15.9. The van der Waals surface area contributed by atoms with Gasteiger partial charge in [-0.2, -0.15) is 5.01 Å². The Hall–Kier alpha value is -5.32.